The van der Waals surface area contributed by atoms with Gasteiger partial charge in [0.15, 0.2) is 0 Å². The van der Waals surface area contributed by atoms with Crippen molar-refractivity contribution in [1.82, 2.24) is 21.4 Å². The molecule has 11 heteroatoms. The summed E-state index contributed by atoms with van der Waals surface area (Å²) in [4.78, 5) is 50.1. The molecule has 0 radical (unpaired) electrons. The first kappa shape index (κ1) is 29.3. The van der Waals surface area contributed by atoms with E-state index < -0.39 is 48.3 Å². The Hall–Kier alpha value is -3.96. The van der Waals surface area contributed by atoms with Crippen LogP contribution in [0.1, 0.15) is 31.4 Å². The quantitative estimate of drug-likeness (QED) is 0.108. The number of hydrazine groups is 1. The lowest BCUT2D eigenvalue weighted by atomic mass is 10.0. The number of phenolic OH excluding ortho intramolecular Hbond substituents is 1. The topological polar surface area (TPSA) is 189 Å². The highest BCUT2D eigenvalue weighted by Gasteiger charge is 2.26. The summed E-state index contributed by atoms with van der Waals surface area (Å²) in [6.45, 7) is 3.40. The zero-order valence-electron chi connectivity index (χ0n) is 21.1. The van der Waals surface area contributed by atoms with Gasteiger partial charge in [-0.2, -0.15) is 0 Å². The molecule has 0 aliphatic heterocycles. The van der Waals surface area contributed by atoms with Crippen LogP contribution >= 0.6 is 0 Å². The van der Waals surface area contributed by atoms with E-state index in [-0.39, 0.29) is 24.5 Å². The van der Waals surface area contributed by atoms with E-state index in [1.165, 1.54) is 12.1 Å². The van der Waals surface area contributed by atoms with Crippen LogP contribution in [0.15, 0.2) is 54.6 Å². The van der Waals surface area contributed by atoms with E-state index in [0.29, 0.717) is 6.42 Å². The molecule has 0 saturated heterocycles. The van der Waals surface area contributed by atoms with Crippen LogP contribution in [0.25, 0.3) is 0 Å². The fraction of sp³-hybridized carbons (Fsp3) is 0.385. The maximum Gasteiger partial charge on any atom is 0.256 e. The van der Waals surface area contributed by atoms with Gasteiger partial charge in [-0.3, -0.25) is 24.6 Å². The number of benzene rings is 2. The van der Waals surface area contributed by atoms with Gasteiger partial charge in [0.1, 0.15) is 17.8 Å². The molecule has 0 aliphatic carbocycles. The van der Waals surface area contributed by atoms with Crippen LogP contribution < -0.4 is 33.0 Å². The lowest BCUT2D eigenvalue weighted by Gasteiger charge is -2.22. The molecule has 0 saturated carbocycles. The van der Waals surface area contributed by atoms with Crippen LogP contribution in [0, 0.1) is 5.92 Å². The molecule has 0 unspecified atom stereocenters. The molecular formula is C26H36N6O5. The highest BCUT2D eigenvalue weighted by Crippen LogP contribution is 2.11. The van der Waals surface area contributed by atoms with E-state index in [1.807, 2.05) is 49.6 Å². The Labute approximate surface area is 216 Å². The molecule has 37 heavy (non-hydrogen) atoms. The third-order valence-electron chi connectivity index (χ3n) is 5.57. The molecule has 0 aromatic heterocycles. The first-order valence-electron chi connectivity index (χ1n) is 12.0. The van der Waals surface area contributed by atoms with Crippen LogP contribution in [0.2, 0.25) is 0 Å². The molecule has 2 rings (SSSR count). The molecule has 0 bridgehead atoms. The Morgan fingerprint density at radius 1 is 0.811 bits per heavy atom. The molecule has 3 atom stereocenters. The van der Waals surface area contributed by atoms with E-state index in [2.05, 4.69) is 16.0 Å². The molecule has 4 amide bonds. The van der Waals surface area contributed by atoms with Gasteiger partial charge in [0, 0.05) is 6.42 Å². The molecule has 11 nitrogen and oxygen atoms in total. The number of carbonyl (C=O) groups excluding carboxylic acids is 4. The second kappa shape index (κ2) is 14.6. The summed E-state index contributed by atoms with van der Waals surface area (Å²) in [6.07, 6.45) is 0.766. The number of phenols is 1. The van der Waals surface area contributed by atoms with E-state index in [0.717, 1.165) is 11.1 Å². The SMILES string of the molecule is CC(C)C[C@@H](NC(=O)[C@@H](N)Cc1ccc(O)cc1)C(=O)NCC(=O)N[C@@H](Cc1ccccc1)C(=O)NN. The van der Waals surface area contributed by atoms with Gasteiger partial charge in [0.2, 0.25) is 17.7 Å². The summed E-state index contributed by atoms with van der Waals surface area (Å²) in [5.41, 5.74) is 9.65. The number of hydrogen-bond acceptors (Lipinski definition) is 7. The maximum atomic E-state index is 12.8. The van der Waals surface area contributed by atoms with E-state index in [4.69, 9.17) is 11.6 Å². The molecule has 200 valence electrons. The summed E-state index contributed by atoms with van der Waals surface area (Å²) < 4.78 is 0. The molecule has 9 N–H and O–H groups in total. The first-order chi connectivity index (χ1) is 17.6. The summed E-state index contributed by atoms with van der Waals surface area (Å²) in [6, 6.07) is 12.7. The first-order valence-corrected chi connectivity index (χ1v) is 12.0. The second-order valence-electron chi connectivity index (χ2n) is 9.20. The van der Waals surface area contributed by atoms with Crippen molar-refractivity contribution in [1.29, 1.82) is 0 Å². The summed E-state index contributed by atoms with van der Waals surface area (Å²) in [5.74, 6) is 3.21. The molecule has 0 spiro atoms. The third-order valence-corrected chi connectivity index (χ3v) is 5.57. The van der Waals surface area contributed by atoms with Gasteiger partial charge in [-0.1, -0.05) is 56.3 Å². The number of rotatable bonds is 13. The van der Waals surface area contributed by atoms with Crippen LogP contribution in [-0.4, -0.2) is 53.4 Å². The molecular weight excluding hydrogens is 476 g/mol. The zero-order valence-corrected chi connectivity index (χ0v) is 21.1. The van der Waals surface area contributed by atoms with Crippen molar-refractivity contribution in [3.8, 4) is 5.75 Å². The zero-order chi connectivity index (χ0) is 27.4. The highest BCUT2D eigenvalue weighted by molar-refractivity contribution is 5.93. The Bertz CT molecular complexity index is 1050. The average molecular weight is 513 g/mol. The van der Waals surface area contributed by atoms with Crippen molar-refractivity contribution in [3.05, 3.63) is 65.7 Å². The monoisotopic (exact) mass is 512 g/mol. The predicted molar refractivity (Wildman–Crippen MR) is 139 cm³/mol. The number of aromatic hydroxyl groups is 1. The largest absolute Gasteiger partial charge is 0.508 e. The molecule has 0 heterocycles. The minimum Gasteiger partial charge on any atom is -0.508 e. The van der Waals surface area contributed by atoms with Crippen LogP contribution in [0.4, 0.5) is 0 Å². The Morgan fingerprint density at radius 2 is 1.43 bits per heavy atom. The Morgan fingerprint density at radius 3 is 2.03 bits per heavy atom. The van der Waals surface area contributed by atoms with E-state index in [9.17, 15) is 24.3 Å². The maximum absolute atomic E-state index is 12.8. The number of nitrogens with two attached hydrogens (primary N) is 2. The fourth-order valence-electron chi connectivity index (χ4n) is 3.66. The van der Waals surface area contributed by atoms with E-state index >= 15 is 0 Å². The molecule has 2 aromatic rings. The van der Waals surface area contributed by atoms with Crippen molar-refractivity contribution < 1.29 is 24.3 Å². The summed E-state index contributed by atoms with van der Waals surface area (Å²) in [7, 11) is 0. The van der Waals surface area contributed by atoms with Crippen molar-refractivity contribution in [2.45, 2.75) is 51.2 Å². The number of carbonyl (C=O) groups is 4. The summed E-state index contributed by atoms with van der Waals surface area (Å²) >= 11 is 0. The predicted octanol–water partition coefficient (Wildman–Crippen LogP) is -0.373. The number of hydrogen-bond donors (Lipinski definition) is 7. The van der Waals surface area contributed by atoms with Crippen LogP contribution in [0.5, 0.6) is 5.75 Å². The Kier molecular flexibility index (Phi) is 11.5. The van der Waals surface area contributed by atoms with Crippen molar-refractivity contribution in [2.75, 3.05) is 6.54 Å². The molecule has 0 fully saturated rings. The van der Waals surface area contributed by atoms with Gasteiger partial charge in [-0.15, -0.1) is 0 Å². The van der Waals surface area contributed by atoms with Gasteiger partial charge in [-0.05, 0) is 42.0 Å². The van der Waals surface area contributed by atoms with Crippen LogP contribution in [-0.2, 0) is 32.0 Å². The van der Waals surface area contributed by atoms with Gasteiger partial charge >= 0.3 is 0 Å². The van der Waals surface area contributed by atoms with E-state index in [1.54, 1.807) is 12.1 Å². The lowest BCUT2D eigenvalue weighted by molar-refractivity contribution is -0.132. The smallest absolute Gasteiger partial charge is 0.256 e. The van der Waals surface area contributed by atoms with Gasteiger partial charge in [0.25, 0.3) is 5.91 Å². The lowest BCUT2D eigenvalue weighted by Crippen LogP contribution is -2.55. The standard InChI is InChI=1S/C26H36N6O5/c1-16(2)12-21(31-24(35)20(27)13-18-8-10-19(33)11-9-18)25(36)29-15-23(34)30-22(26(37)32-28)14-17-6-4-3-5-7-17/h3-11,16,20-22,33H,12-15,27-28H2,1-2H3,(H,29,36)(H,30,34)(H,31,35)(H,32,37)/t20-,21+,22-/m0/s1. The molecule has 2 aromatic carbocycles. The fourth-order valence-corrected chi connectivity index (χ4v) is 3.66. The average Bonchev–Trinajstić information content (AvgIpc) is 2.87. The van der Waals surface area contributed by atoms with Gasteiger partial charge in [-0.25, -0.2) is 5.84 Å². The van der Waals surface area contributed by atoms with Crippen molar-refractivity contribution >= 4 is 23.6 Å². The van der Waals surface area contributed by atoms with Gasteiger partial charge < -0.3 is 26.8 Å². The third kappa shape index (κ3) is 10.3. The minimum absolute atomic E-state index is 0.0710. The van der Waals surface area contributed by atoms with Crippen LogP contribution in [0.3, 0.4) is 0 Å². The molecule has 0 aliphatic rings. The minimum atomic E-state index is -0.930. The number of nitrogens with one attached hydrogen (secondary N) is 4. The normalized spacial score (nSPS) is 13.2. The second-order valence-corrected chi connectivity index (χ2v) is 9.20. The van der Waals surface area contributed by atoms with Crippen molar-refractivity contribution in [2.24, 2.45) is 17.5 Å². The number of amides is 4. The Balaban J connectivity index is 1.94. The van der Waals surface area contributed by atoms with Crippen molar-refractivity contribution in [3.63, 3.8) is 0 Å². The summed E-state index contributed by atoms with van der Waals surface area (Å²) in [5, 5.41) is 17.2. The highest BCUT2D eigenvalue weighted by atomic mass is 16.3. The van der Waals surface area contributed by atoms with Gasteiger partial charge in [0.05, 0.1) is 12.6 Å².